The number of nitrogens with two attached hydrogens (primary N) is 1. The summed E-state index contributed by atoms with van der Waals surface area (Å²) in [6.45, 7) is 2.66. The van der Waals surface area contributed by atoms with Crippen LogP contribution in [0.5, 0.6) is 0 Å². The highest BCUT2D eigenvalue weighted by atomic mass is 32.2. The van der Waals surface area contributed by atoms with Crippen molar-refractivity contribution in [3.05, 3.63) is 29.8 Å². The average molecular weight is 233 g/mol. The Morgan fingerprint density at radius 1 is 1.44 bits per heavy atom. The Morgan fingerprint density at radius 2 is 2.12 bits per heavy atom. The number of rotatable bonds is 4. The zero-order chi connectivity index (χ0) is 11.8. The van der Waals surface area contributed by atoms with Crippen LogP contribution in [0.3, 0.4) is 0 Å². The minimum Gasteiger partial charge on any atom is -0.378 e. The molecular formula is C12H15N3S. The van der Waals surface area contributed by atoms with Gasteiger partial charge in [0.05, 0.1) is 6.07 Å². The van der Waals surface area contributed by atoms with Gasteiger partial charge < -0.3 is 5.73 Å². The molecule has 0 radical (unpaired) electrons. The molecule has 0 saturated heterocycles. The molecule has 1 aromatic carbocycles. The molecule has 0 aliphatic rings. The summed E-state index contributed by atoms with van der Waals surface area (Å²) in [7, 11) is 0. The largest absolute Gasteiger partial charge is 0.378 e. The lowest BCUT2D eigenvalue weighted by atomic mass is 10.1. The number of nitrogens with zero attached hydrogens (tertiary/aromatic N) is 2. The molecule has 84 valence electrons. The third-order valence-electron chi connectivity index (χ3n) is 1.99. The normalized spacial score (nSPS) is 11.1. The van der Waals surface area contributed by atoms with E-state index in [1.807, 2.05) is 31.2 Å². The van der Waals surface area contributed by atoms with Crippen LogP contribution in [0.4, 0.5) is 0 Å². The predicted octanol–water partition coefficient (Wildman–Crippen LogP) is 2.57. The first-order valence-corrected chi connectivity index (χ1v) is 6.01. The smallest absolute Gasteiger partial charge is 0.158 e. The summed E-state index contributed by atoms with van der Waals surface area (Å²) in [6.07, 6.45) is 1.37. The highest BCUT2D eigenvalue weighted by Crippen LogP contribution is 2.18. The van der Waals surface area contributed by atoms with Crippen LogP contribution in [0.25, 0.3) is 0 Å². The van der Waals surface area contributed by atoms with Crippen molar-refractivity contribution in [3.63, 3.8) is 0 Å². The van der Waals surface area contributed by atoms with Crippen molar-refractivity contribution in [3.8, 4) is 6.07 Å². The Morgan fingerprint density at radius 3 is 2.69 bits per heavy atom. The molecule has 1 aromatic rings. The lowest BCUT2D eigenvalue weighted by Gasteiger charge is -2.02. The summed E-state index contributed by atoms with van der Waals surface area (Å²) in [5.41, 5.74) is 6.88. The summed E-state index contributed by atoms with van der Waals surface area (Å²) in [6, 6.07) is 10.2. The lowest BCUT2D eigenvalue weighted by molar-refractivity contribution is 1.01. The van der Waals surface area contributed by atoms with Gasteiger partial charge in [-0.25, -0.2) is 0 Å². The van der Waals surface area contributed by atoms with Crippen molar-refractivity contribution in [2.45, 2.75) is 24.7 Å². The van der Waals surface area contributed by atoms with E-state index < -0.39 is 0 Å². The minimum absolute atomic E-state index is 0.561. The first-order chi connectivity index (χ1) is 7.76. The molecule has 0 aromatic heterocycles. The molecule has 0 fully saturated rings. The molecule has 0 aliphatic heterocycles. The van der Waals surface area contributed by atoms with Crippen LogP contribution in [-0.4, -0.2) is 11.7 Å². The van der Waals surface area contributed by atoms with Crippen molar-refractivity contribution < 1.29 is 0 Å². The molecule has 1 rings (SSSR count). The molecule has 2 N–H and O–H groups in total. The topological polar surface area (TPSA) is 62.2 Å². The van der Waals surface area contributed by atoms with E-state index in [2.05, 4.69) is 11.1 Å². The molecule has 0 unspecified atom stereocenters. The first-order valence-electron chi connectivity index (χ1n) is 5.20. The molecule has 0 amide bonds. The predicted molar refractivity (Wildman–Crippen MR) is 68.4 cm³/mol. The van der Waals surface area contributed by atoms with Crippen LogP contribution in [-0.2, 0) is 6.42 Å². The van der Waals surface area contributed by atoms with Crippen LogP contribution >= 0.6 is 11.8 Å². The van der Waals surface area contributed by atoms with E-state index in [1.54, 1.807) is 0 Å². The number of aliphatic imine (C=N–C) groups is 1. The van der Waals surface area contributed by atoms with Crippen LogP contribution in [0.1, 0.15) is 18.9 Å². The SMILES string of the molecule is CCN=C(N)Sc1ccc(CCC#N)cc1. The van der Waals surface area contributed by atoms with E-state index in [-0.39, 0.29) is 0 Å². The maximum Gasteiger partial charge on any atom is 0.158 e. The van der Waals surface area contributed by atoms with E-state index >= 15 is 0 Å². The standard InChI is InChI=1S/C12H15N3S/c1-2-15-12(14)16-11-7-5-10(6-8-11)4-3-9-13/h5-8H,2-4H2,1H3,(H2,14,15). The van der Waals surface area contributed by atoms with E-state index in [0.717, 1.165) is 11.3 Å². The Kier molecular flexibility index (Phi) is 5.44. The second-order valence-electron chi connectivity index (χ2n) is 3.22. The molecule has 0 atom stereocenters. The third kappa shape index (κ3) is 4.37. The number of amidine groups is 1. The second-order valence-corrected chi connectivity index (χ2v) is 4.31. The van der Waals surface area contributed by atoms with Gasteiger partial charge in [0.2, 0.25) is 0 Å². The maximum absolute atomic E-state index is 8.47. The fourth-order valence-corrected chi connectivity index (χ4v) is 1.94. The number of nitriles is 1. The fraction of sp³-hybridized carbons (Fsp3) is 0.333. The maximum atomic E-state index is 8.47. The van der Waals surface area contributed by atoms with Gasteiger partial charge >= 0.3 is 0 Å². The molecular weight excluding hydrogens is 218 g/mol. The Bertz CT molecular complexity index is 390. The van der Waals surface area contributed by atoms with Gasteiger partial charge in [-0.2, -0.15) is 5.26 Å². The van der Waals surface area contributed by atoms with Crippen molar-refractivity contribution >= 4 is 16.9 Å². The Balaban J connectivity index is 2.58. The van der Waals surface area contributed by atoms with Gasteiger partial charge in [-0.3, -0.25) is 4.99 Å². The minimum atomic E-state index is 0.561. The van der Waals surface area contributed by atoms with E-state index in [1.165, 1.54) is 17.3 Å². The molecule has 0 heterocycles. The van der Waals surface area contributed by atoms with E-state index in [4.69, 9.17) is 11.0 Å². The molecule has 0 aliphatic carbocycles. The van der Waals surface area contributed by atoms with Crippen molar-refractivity contribution in [1.29, 1.82) is 5.26 Å². The Labute approximate surface area is 100 Å². The molecule has 0 spiro atoms. The Hall–Kier alpha value is -1.47. The molecule has 0 saturated carbocycles. The highest BCUT2D eigenvalue weighted by molar-refractivity contribution is 8.13. The summed E-state index contributed by atoms with van der Waals surface area (Å²) < 4.78 is 0. The number of hydrogen-bond acceptors (Lipinski definition) is 3. The number of benzene rings is 1. The number of thioether (sulfide) groups is 1. The van der Waals surface area contributed by atoms with Gasteiger partial charge in [-0.05, 0) is 31.0 Å². The van der Waals surface area contributed by atoms with Crippen molar-refractivity contribution in [2.24, 2.45) is 10.7 Å². The number of hydrogen-bond donors (Lipinski definition) is 1. The molecule has 0 bridgehead atoms. The summed E-state index contributed by atoms with van der Waals surface area (Å²) in [4.78, 5) is 5.19. The average Bonchev–Trinajstić information content (AvgIpc) is 2.28. The molecule has 16 heavy (non-hydrogen) atoms. The summed E-state index contributed by atoms with van der Waals surface area (Å²) in [5.74, 6) is 0. The number of aryl methyl sites for hydroxylation is 1. The van der Waals surface area contributed by atoms with Crippen LogP contribution < -0.4 is 5.73 Å². The molecule has 3 nitrogen and oxygen atoms in total. The van der Waals surface area contributed by atoms with Crippen LogP contribution in [0.2, 0.25) is 0 Å². The molecule has 4 heteroatoms. The third-order valence-corrected chi connectivity index (χ3v) is 2.83. The van der Waals surface area contributed by atoms with Gasteiger partial charge in [0.1, 0.15) is 0 Å². The van der Waals surface area contributed by atoms with E-state index in [0.29, 0.717) is 18.1 Å². The van der Waals surface area contributed by atoms with Gasteiger partial charge in [0.25, 0.3) is 0 Å². The first kappa shape index (κ1) is 12.6. The summed E-state index contributed by atoms with van der Waals surface area (Å²) in [5, 5.41) is 9.06. The fourth-order valence-electron chi connectivity index (χ4n) is 1.23. The zero-order valence-corrected chi connectivity index (χ0v) is 10.1. The van der Waals surface area contributed by atoms with Crippen molar-refractivity contribution in [2.75, 3.05) is 6.54 Å². The van der Waals surface area contributed by atoms with Gasteiger partial charge in [-0.15, -0.1) is 0 Å². The zero-order valence-electron chi connectivity index (χ0n) is 9.31. The second kappa shape index (κ2) is 6.91. The van der Waals surface area contributed by atoms with Gasteiger partial charge in [0.15, 0.2) is 5.17 Å². The highest BCUT2D eigenvalue weighted by Gasteiger charge is 1.98. The summed E-state index contributed by atoms with van der Waals surface area (Å²) >= 11 is 1.46. The van der Waals surface area contributed by atoms with Gasteiger partial charge in [0, 0.05) is 17.9 Å². The van der Waals surface area contributed by atoms with Crippen LogP contribution in [0, 0.1) is 11.3 Å². The monoisotopic (exact) mass is 233 g/mol. The van der Waals surface area contributed by atoms with Crippen molar-refractivity contribution in [1.82, 2.24) is 0 Å². The van der Waals surface area contributed by atoms with Gasteiger partial charge in [-0.1, -0.05) is 23.9 Å². The lowest BCUT2D eigenvalue weighted by Crippen LogP contribution is -2.06. The van der Waals surface area contributed by atoms with Crippen LogP contribution in [0.15, 0.2) is 34.2 Å². The quantitative estimate of drug-likeness (QED) is 0.494. The van der Waals surface area contributed by atoms with E-state index in [9.17, 15) is 0 Å².